The number of nitrogens with one attached hydrogen (secondary N) is 1. The molecule has 1 fully saturated rings. The highest BCUT2D eigenvalue weighted by atomic mass is 16.5. The lowest BCUT2D eigenvalue weighted by Crippen LogP contribution is -2.54. The van der Waals surface area contributed by atoms with Crippen molar-refractivity contribution in [2.45, 2.75) is 110 Å². The summed E-state index contributed by atoms with van der Waals surface area (Å²) in [4.78, 5) is 56.4. The van der Waals surface area contributed by atoms with E-state index in [4.69, 9.17) is 14.2 Å². The predicted molar refractivity (Wildman–Crippen MR) is 200 cm³/mol. The Bertz CT molecular complexity index is 1400. The van der Waals surface area contributed by atoms with Gasteiger partial charge in [-0.1, -0.05) is 71.4 Å². The Morgan fingerprint density at radius 1 is 0.941 bits per heavy atom. The maximum Gasteiger partial charge on any atom is 0.225 e. The summed E-state index contributed by atoms with van der Waals surface area (Å²) in [5.74, 6) is 0.171. The van der Waals surface area contributed by atoms with Crippen LogP contribution < -0.4 is 10.1 Å². The minimum absolute atomic E-state index is 0.0185. The van der Waals surface area contributed by atoms with Crippen molar-refractivity contribution < 1.29 is 33.4 Å². The molecule has 10 heteroatoms. The number of likely N-dealkylation sites (tertiary alicyclic amines) is 1. The molecule has 0 spiro atoms. The highest BCUT2D eigenvalue weighted by Crippen LogP contribution is 2.29. The van der Waals surface area contributed by atoms with E-state index in [2.05, 4.69) is 19.2 Å². The zero-order valence-corrected chi connectivity index (χ0v) is 32.2. The lowest BCUT2D eigenvalue weighted by Gasteiger charge is -2.39. The number of amides is 3. The number of ketones is 1. The van der Waals surface area contributed by atoms with Crippen LogP contribution in [0, 0.1) is 17.8 Å². The van der Waals surface area contributed by atoms with Crippen LogP contribution in [0.4, 0.5) is 0 Å². The first-order chi connectivity index (χ1) is 24.3. The highest BCUT2D eigenvalue weighted by Gasteiger charge is 2.42. The number of hydrogen-bond donors (Lipinski definition) is 1. The van der Waals surface area contributed by atoms with E-state index in [1.807, 2.05) is 63.1 Å². The van der Waals surface area contributed by atoms with E-state index in [0.717, 1.165) is 18.4 Å². The van der Waals surface area contributed by atoms with Gasteiger partial charge < -0.3 is 29.3 Å². The SMILES string of the molecule is CCC(C)C(C(CC(=O)N1CCCC1C(OC)C(C)C(=O)NC(COc1ccc(C(C)=O)cc1)Cc1ccccc1)OC)N(C)C(=O)CC(C)C. The van der Waals surface area contributed by atoms with Gasteiger partial charge in [0.25, 0.3) is 0 Å². The van der Waals surface area contributed by atoms with Crippen LogP contribution in [0.1, 0.15) is 89.6 Å². The maximum atomic E-state index is 14.0. The number of Topliss-reactive ketones (excluding diaryl/α,β-unsaturated/α-hetero) is 1. The van der Waals surface area contributed by atoms with Crippen LogP contribution in [0.3, 0.4) is 0 Å². The Labute approximate surface area is 305 Å². The molecular weight excluding hydrogens is 646 g/mol. The fourth-order valence-corrected chi connectivity index (χ4v) is 7.18. The standard InChI is InChI=1S/C41H61N3O7/c1-10-28(4)39(43(7)37(46)23-27(2)3)36(49-8)25-38(47)44-22-14-17-35(44)40(50-9)29(5)41(48)42-33(24-31-15-12-11-13-16-31)26-51-34-20-18-32(19-21-34)30(6)45/h11-13,15-16,18-21,27-29,33,35-36,39-40H,10,14,17,22-26H2,1-9H3,(H,42,48). The number of benzene rings is 2. The third kappa shape index (κ3) is 11.9. The van der Waals surface area contributed by atoms with Gasteiger partial charge in [0.15, 0.2) is 5.78 Å². The first kappa shape index (κ1) is 41.7. The molecule has 1 aliphatic heterocycles. The van der Waals surface area contributed by atoms with E-state index < -0.39 is 18.1 Å². The quantitative estimate of drug-likeness (QED) is 0.169. The van der Waals surface area contributed by atoms with Gasteiger partial charge in [0.1, 0.15) is 12.4 Å². The summed E-state index contributed by atoms with van der Waals surface area (Å²) in [5.41, 5.74) is 1.66. The molecule has 1 heterocycles. The number of likely N-dealkylation sites (N-methyl/N-ethyl adjacent to an activating group) is 1. The second-order valence-corrected chi connectivity index (χ2v) is 14.5. The summed E-state index contributed by atoms with van der Waals surface area (Å²) in [6, 6.07) is 16.0. The molecule has 282 valence electrons. The predicted octanol–water partition coefficient (Wildman–Crippen LogP) is 5.96. The van der Waals surface area contributed by atoms with Crippen LogP contribution >= 0.6 is 0 Å². The lowest BCUT2D eigenvalue weighted by atomic mass is 9.90. The average Bonchev–Trinajstić information content (AvgIpc) is 3.60. The molecule has 0 aromatic heterocycles. The van der Waals surface area contributed by atoms with Crippen LogP contribution in [-0.4, -0.2) is 98.1 Å². The molecule has 3 rings (SSSR count). The van der Waals surface area contributed by atoms with Gasteiger partial charge in [0.2, 0.25) is 17.7 Å². The number of hydrogen-bond acceptors (Lipinski definition) is 7. The van der Waals surface area contributed by atoms with Crippen molar-refractivity contribution in [2.75, 3.05) is 34.4 Å². The van der Waals surface area contributed by atoms with Gasteiger partial charge in [-0.25, -0.2) is 0 Å². The van der Waals surface area contributed by atoms with Crippen LogP contribution in [0.15, 0.2) is 54.6 Å². The molecule has 1 N–H and O–H groups in total. The molecule has 0 saturated carbocycles. The summed E-state index contributed by atoms with van der Waals surface area (Å²) >= 11 is 0. The summed E-state index contributed by atoms with van der Waals surface area (Å²) in [6.45, 7) is 12.4. The van der Waals surface area contributed by atoms with Crippen molar-refractivity contribution in [1.82, 2.24) is 15.1 Å². The van der Waals surface area contributed by atoms with Crippen molar-refractivity contribution in [3.05, 3.63) is 65.7 Å². The van der Waals surface area contributed by atoms with E-state index in [1.54, 1.807) is 43.4 Å². The van der Waals surface area contributed by atoms with Crippen molar-refractivity contribution in [2.24, 2.45) is 17.8 Å². The fourth-order valence-electron chi connectivity index (χ4n) is 7.18. The van der Waals surface area contributed by atoms with E-state index in [1.165, 1.54) is 6.92 Å². The molecule has 2 aromatic rings. The molecule has 2 aromatic carbocycles. The van der Waals surface area contributed by atoms with Crippen LogP contribution in [0.5, 0.6) is 5.75 Å². The van der Waals surface area contributed by atoms with Crippen molar-refractivity contribution in [3.63, 3.8) is 0 Å². The number of ether oxygens (including phenoxy) is 3. The Morgan fingerprint density at radius 3 is 2.18 bits per heavy atom. The minimum Gasteiger partial charge on any atom is -0.491 e. The van der Waals surface area contributed by atoms with Crippen molar-refractivity contribution >= 4 is 23.5 Å². The lowest BCUT2D eigenvalue weighted by molar-refractivity contribution is -0.146. The molecule has 1 saturated heterocycles. The summed E-state index contributed by atoms with van der Waals surface area (Å²) in [5, 5.41) is 3.20. The Hall–Kier alpha value is -3.76. The topological polar surface area (TPSA) is 114 Å². The maximum absolute atomic E-state index is 14.0. The minimum atomic E-state index is -0.563. The fraction of sp³-hybridized carbons (Fsp3) is 0.610. The first-order valence-corrected chi connectivity index (χ1v) is 18.5. The number of carbonyl (C=O) groups excluding carboxylic acids is 4. The monoisotopic (exact) mass is 707 g/mol. The second kappa shape index (κ2) is 20.3. The van der Waals surface area contributed by atoms with Gasteiger partial charge in [0.05, 0.1) is 42.7 Å². The van der Waals surface area contributed by atoms with Gasteiger partial charge in [-0.3, -0.25) is 19.2 Å². The number of rotatable bonds is 20. The van der Waals surface area contributed by atoms with Gasteiger partial charge in [-0.2, -0.15) is 0 Å². The van der Waals surface area contributed by atoms with Gasteiger partial charge in [0, 0.05) is 39.8 Å². The zero-order valence-electron chi connectivity index (χ0n) is 32.2. The van der Waals surface area contributed by atoms with Crippen LogP contribution in [0.2, 0.25) is 0 Å². The van der Waals surface area contributed by atoms with E-state index in [9.17, 15) is 19.2 Å². The molecule has 0 bridgehead atoms. The average molecular weight is 708 g/mol. The largest absolute Gasteiger partial charge is 0.491 e. The van der Waals surface area contributed by atoms with E-state index in [-0.39, 0.29) is 66.5 Å². The summed E-state index contributed by atoms with van der Waals surface area (Å²) < 4.78 is 18.0. The number of methoxy groups -OCH3 is 2. The van der Waals surface area contributed by atoms with Gasteiger partial charge in [-0.15, -0.1) is 0 Å². The van der Waals surface area contributed by atoms with Gasteiger partial charge >= 0.3 is 0 Å². The van der Waals surface area contributed by atoms with Crippen molar-refractivity contribution in [1.29, 1.82) is 0 Å². The molecular formula is C41H61N3O7. The Balaban J connectivity index is 1.74. The molecule has 7 unspecified atom stereocenters. The Kier molecular flexibility index (Phi) is 16.6. The molecule has 7 atom stereocenters. The molecule has 10 nitrogen and oxygen atoms in total. The molecule has 3 amide bonds. The summed E-state index contributed by atoms with van der Waals surface area (Å²) in [7, 11) is 5.02. The molecule has 0 aliphatic carbocycles. The Morgan fingerprint density at radius 2 is 1.61 bits per heavy atom. The molecule has 0 radical (unpaired) electrons. The third-order valence-electron chi connectivity index (χ3n) is 10.3. The van der Waals surface area contributed by atoms with Crippen LogP contribution in [0.25, 0.3) is 0 Å². The molecule has 51 heavy (non-hydrogen) atoms. The number of nitrogens with zero attached hydrogens (tertiary/aromatic N) is 2. The second-order valence-electron chi connectivity index (χ2n) is 14.5. The normalized spacial score (nSPS) is 18.0. The third-order valence-corrected chi connectivity index (χ3v) is 10.3. The van der Waals surface area contributed by atoms with Crippen LogP contribution in [-0.2, 0) is 30.3 Å². The highest BCUT2D eigenvalue weighted by molar-refractivity contribution is 5.94. The first-order valence-electron chi connectivity index (χ1n) is 18.5. The molecule has 1 aliphatic rings. The van der Waals surface area contributed by atoms with Crippen molar-refractivity contribution in [3.8, 4) is 5.75 Å². The van der Waals surface area contributed by atoms with E-state index in [0.29, 0.717) is 37.1 Å². The number of carbonyl (C=O) groups is 4. The smallest absolute Gasteiger partial charge is 0.225 e. The van der Waals surface area contributed by atoms with E-state index >= 15 is 0 Å². The van der Waals surface area contributed by atoms with Gasteiger partial charge in [-0.05, 0) is 67.9 Å². The summed E-state index contributed by atoms with van der Waals surface area (Å²) in [6.07, 6.45) is 2.46. The zero-order chi connectivity index (χ0) is 37.7.